The zero-order valence-corrected chi connectivity index (χ0v) is 13.0. The number of sulfone groups is 1. The zero-order chi connectivity index (χ0) is 15.5. The van der Waals surface area contributed by atoms with Gasteiger partial charge in [0.05, 0.1) is 11.3 Å². The van der Waals surface area contributed by atoms with E-state index >= 15 is 0 Å². The number of nitrogens with one attached hydrogen (secondary N) is 1. The number of hydrazine groups is 1. The molecule has 0 saturated carbocycles. The number of nitrogens with two attached hydrogens (primary N) is 1. The second-order valence-corrected chi connectivity index (χ2v) is 7.46. The topological polar surface area (TPSA) is 88.3 Å². The molecular formula is C14H20N4O2S. The number of anilines is 1. The van der Waals surface area contributed by atoms with Crippen LogP contribution in [-0.2, 0) is 16.4 Å². The van der Waals surface area contributed by atoms with Gasteiger partial charge in [0.25, 0.3) is 0 Å². The largest absolute Gasteiger partial charge is 0.308 e. The van der Waals surface area contributed by atoms with Crippen LogP contribution in [0.25, 0.3) is 10.9 Å². The summed E-state index contributed by atoms with van der Waals surface area (Å²) >= 11 is 0. The van der Waals surface area contributed by atoms with E-state index in [-0.39, 0.29) is 5.75 Å². The summed E-state index contributed by atoms with van der Waals surface area (Å²) in [5, 5.41) is 1.03. The van der Waals surface area contributed by atoms with Crippen molar-refractivity contribution in [2.24, 2.45) is 5.84 Å². The molecule has 0 aliphatic carbocycles. The molecule has 1 aromatic heterocycles. The smallest absolute Gasteiger partial charge is 0.148 e. The summed E-state index contributed by atoms with van der Waals surface area (Å²) in [4.78, 5) is 6.41. The number of fused-ring (bicyclic) bond motifs is 1. The number of aromatic nitrogens is 1. The van der Waals surface area contributed by atoms with Crippen molar-refractivity contribution in [3.63, 3.8) is 0 Å². The maximum Gasteiger partial charge on any atom is 0.148 e. The number of hydrogen-bond donors (Lipinski definition) is 2. The Bertz CT molecular complexity index is 731. The molecule has 1 aromatic carbocycles. The van der Waals surface area contributed by atoms with Crippen LogP contribution in [0.5, 0.6) is 0 Å². The second kappa shape index (κ2) is 6.38. The number of hydrogen-bond acceptors (Lipinski definition) is 6. The first-order valence-corrected chi connectivity index (χ1v) is 8.66. The fraction of sp³-hybridized carbons (Fsp3) is 0.357. The minimum atomic E-state index is -2.96. The quantitative estimate of drug-likeness (QED) is 0.611. The standard InChI is InChI=1S/C14H20N4O2S/c1-18(7-8-21(2,19)20)10-12-9-11-5-3-4-6-13(11)16-14(12)17-15/h3-6,9H,7-8,10,15H2,1-2H3,(H,16,17). The highest BCUT2D eigenvalue weighted by Crippen LogP contribution is 2.20. The first-order chi connectivity index (χ1) is 9.89. The van der Waals surface area contributed by atoms with E-state index in [2.05, 4.69) is 10.4 Å². The van der Waals surface area contributed by atoms with Crippen LogP contribution in [0.2, 0.25) is 0 Å². The average molecular weight is 308 g/mol. The van der Waals surface area contributed by atoms with Gasteiger partial charge in [-0.2, -0.15) is 0 Å². The van der Waals surface area contributed by atoms with Gasteiger partial charge in [-0.1, -0.05) is 18.2 Å². The molecule has 0 bridgehead atoms. The van der Waals surface area contributed by atoms with Crippen molar-refractivity contribution >= 4 is 26.6 Å². The van der Waals surface area contributed by atoms with Crippen LogP contribution in [0.15, 0.2) is 30.3 Å². The summed E-state index contributed by atoms with van der Waals surface area (Å²) in [6.45, 7) is 1.04. The van der Waals surface area contributed by atoms with Gasteiger partial charge in [0.2, 0.25) is 0 Å². The normalized spacial score (nSPS) is 12.0. The molecule has 7 heteroatoms. The molecule has 0 fully saturated rings. The molecule has 0 radical (unpaired) electrons. The monoisotopic (exact) mass is 308 g/mol. The van der Waals surface area contributed by atoms with Crippen molar-refractivity contribution in [3.05, 3.63) is 35.9 Å². The van der Waals surface area contributed by atoms with Crippen LogP contribution < -0.4 is 11.3 Å². The SMILES string of the molecule is CN(CCS(C)(=O)=O)Cc1cc2ccccc2nc1NN. The number of nitrogens with zero attached hydrogens (tertiary/aromatic N) is 2. The summed E-state index contributed by atoms with van der Waals surface area (Å²) in [7, 11) is -1.08. The molecule has 114 valence electrons. The van der Waals surface area contributed by atoms with Gasteiger partial charge in [-0.05, 0) is 19.2 Å². The Balaban J connectivity index is 2.20. The Morgan fingerprint density at radius 1 is 1.33 bits per heavy atom. The van der Waals surface area contributed by atoms with Crippen LogP contribution in [0.4, 0.5) is 5.82 Å². The lowest BCUT2D eigenvalue weighted by Crippen LogP contribution is -2.26. The van der Waals surface area contributed by atoms with Crippen molar-refractivity contribution in [2.45, 2.75) is 6.54 Å². The van der Waals surface area contributed by atoms with E-state index in [9.17, 15) is 8.42 Å². The van der Waals surface area contributed by atoms with Gasteiger partial charge in [-0.25, -0.2) is 19.2 Å². The summed E-state index contributed by atoms with van der Waals surface area (Å²) in [5.74, 6) is 6.28. The van der Waals surface area contributed by atoms with Crippen molar-refractivity contribution in [3.8, 4) is 0 Å². The van der Waals surface area contributed by atoms with Crippen LogP contribution in [0.3, 0.4) is 0 Å². The molecule has 2 rings (SSSR count). The van der Waals surface area contributed by atoms with Crippen LogP contribution in [0.1, 0.15) is 5.56 Å². The van der Waals surface area contributed by atoms with E-state index in [1.54, 1.807) is 0 Å². The third kappa shape index (κ3) is 4.38. The lowest BCUT2D eigenvalue weighted by molar-refractivity contribution is 0.346. The van der Waals surface area contributed by atoms with Gasteiger partial charge in [0.1, 0.15) is 15.7 Å². The molecule has 0 spiro atoms. The molecule has 21 heavy (non-hydrogen) atoms. The molecule has 0 saturated heterocycles. The summed E-state index contributed by atoms with van der Waals surface area (Å²) in [6, 6.07) is 9.81. The van der Waals surface area contributed by atoms with Gasteiger partial charge in [0, 0.05) is 30.3 Å². The van der Waals surface area contributed by atoms with E-state index in [1.807, 2.05) is 42.3 Å². The minimum absolute atomic E-state index is 0.135. The molecular weight excluding hydrogens is 288 g/mol. The zero-order valence-electron chi connectivity index (χ0n) is 12.2. The molecule has 2 aromatic rings. The highest BCUT2D eigenvalue weighted by molar-refractivity contribution is 7.90. The third-order valence-electron chi connectivity index (χ3n) is 3.22. The number of rotatable bonds is 6. The highest BCUT2D eigenvalue weighted by Gasteiger charge is 2.10. The van der Waals surface area contributed by atoms with E-state index in [4.69, 9.17) is 5.84 Å². The third-order valence-corrected chi connectivity index (χ3v) is 4.15. The molecule has 0 amide bonds. The summed E-state index contributed by atoms with van der Waals surface area (Å²) in [6.07, 6.45) is 1.24. The van der Waals surface area contributed by atoms with Gasteiger partial charge in [-0.3, -0.25) is 0 Å². The molecule has 6 nitrogen and oxygen atoms in total. The number of benzene rings is 1. The first kappa shape index (κ1) is 15.7. The Morgan fingerprint density at radius 3 is 2.71 bits per heavy atom. The van der Waals surface area contributed by atoms with Crippen LogP contribution >= 0.6 is 0 Å². The second-order valence-electron chi connectivity index (χ2n) is 5.20. The lowest BCUT2D eigenvalue weighted by atomic mass is 10.1. The Morgan fingerprint density at radius 2 is 2.05 bits per heavy atom. The van der Waals surface area contributed by atoms with Gasteiger partial charge >= 0.3 is 0 Å². The maximum atomic E-state index is 11.2. The molecule has 0 aliphatic heterocycles. The van der Waals surface area contributed by atoms with Gasteiger partial charge in [-0.15, -0.1) is 0 Å². The van der Waals surface area contributed by atoms with E-state index < -0.39 is 9.84 Å². The Labute approximate surface area is 124 Å². The number of nitrogen functional groups attached to an aromatic ring is 1. The summed E-state index contributed by atoms with van der Waals surface area (Å²) < 4.78 is 22.4. The highest BCUT2D eigenvalue weighted by atomic mass is 32.2. The van der Waals surface area contributed by atoms with E-state index in [0.29, 0.717) is 18.9 Å². The first-order valence-electron chi connectivity index (χ1n) is 6.60. The van der Waals surface area contributed by atoms with E-state index in [0.717, 1.165) is 16.5 Å². The molecule has 1 heterocycles. The van der Waals surface area contributed by atoms with E-state index in [1.165, 1.54) is 6.26 Å². The maximum absolute atomic E-state index is 11.2. The van der Waals surface area contributed by atoms with Gasteiger partial charge < -0.3 is 10.3 Å². The Kier molecular flexibility index (Phi) is 4.76. The fourth-order valence-corrected chi connectivity index (χ4v) is 2.74. The Hall–Kier alpha value is -1.70. The lowest BCUT2D eigenvalue weighted by Gasteiger charge is -2.18. The minimum Gasteiger partial charge on any atom is -0.308 e. The fourth-order valence-electron chi connectivity index (χ4n) is 2.10. The van der Waals surface area contributed by atoms with Crippen LogP contribution in [0, 0.1) is 0 Å². The van der Waals surface area contributed by atoms with Crippen molar-refractivity contribution in [2.75, 3.05) is 31.0 Å². The number of pyridine rings is 1. The molecule has 0 unspecified atom stereocenters. The summed E-state index contributed by atoms with van der Waals surface area (Å²) in [5.41, 5.74) is 4.42. The van der Waals surface area contributed by atoms with Gasteiger partial charge in [0.15, 0.2) is 0 Å². The molecule has 0 atom stereocenters. The molecule has 3 N–H and O–H groups in total. The van der Waals surface area contributed by atoms with Crippen molar-refractivity contribution < 1.29 is 8.42 Å². The number of para-hydroxylation sites is 1. The predicted molar refractivity (Wildman–Crippen MR) is 85.6 cm³/mol. The van der Waals surface area contributed by atoms with Crippen LogP contribution in [-0.4, -0.2) is 43.9 Å². The van der Waals surface area contributed by atoms with Crippen molar-refractivity contribution in [1.82, 2.24) is 9.88 Å². The van der Waals surface area contributed by atoms with Crippen molar-refractivity contribution in [1.29, 1.82) is 0 Å². The molecule has 0 aliphatic rings. The predicted octanol–water partition coefficient (Wildman–Crippen LogP) is 0.997. The average Bonchev–Trinajstić information content (AvgIpc) is 2.43.